The van der Waals surface area contributed by atoms with Crippen LogP contribution in [0.5, 0.6) is 5.75 Å². The molecule has 7 heteroatoms. The van der Waals surface area contributed by atoms with Crippen molar-refractivity contribution in [1.29, 1.82) is 0 Å². The first-order valence-corrected chi connectivity index (χ1v) is 6.92. The molecule has 2 aromatic rings. The molecule has 0 saturated heterocycles. The summed E-state index contributed by atoms with van der Waals surface area (Å²) in [5, 5.41) is 14.9. The van der Waals surface area contributed by atoms with E-state index >= 15 is 0 Å². The molecule has 0 aliphatic heterocycles. The Morgan fingerprint density at radius 3 is 3.00 bits per heavy atom. The minimum absolute atomic E-state index is 0.128. The van der Waals surface area contributed by atoms with Gasteiger partial charge in [-0.3, -0.25) is 10.1 Å². The fraction of sp³-hybridized carbons (Fsp3) is 0.308. The van der Waals surface area contributed by atoms with Gasteiger partial charge in [0.2, 0.25) is 11.0 Å². The molecule has 0 radical (unpaired) electrons. The molecule has 2 rings (SSSR count). The van der Waals surface area contributed by atoms with Crippen molar-refractivity contribution in [2.75, 3.05) is 26.0 Å². The van der Waals surface area contributed by atoms with Gasteiger partial charge in [0.25, 0.3) is 0 Å². The number of amides is 1. The van der Waals surface area contributed by atoms with Crippen LogP contribution in [0.1, 0.15) is 10.6 Å². The van der Waals surface area contributed by atoms with Gasteiger partial charge in [-0.1, -0.05) is 23.5 Å². The third-order valence-electron chi connectivity index (χ3n) is 2.54. The van der Waals surface area contributed by atoms with Gasteiger partial charge in [0.1, 0.15) is 10.8 Å². The largest absolute Gasteiger partial charge is 0.497 e. The summed E-state index contributed by atoms with van der Waals surface area (Å²) in [6.45, 7) is 0.255. The number of hydrogen-bond acceptors (Lipinski definition) is 6. The lowest BCUT2D eigenvalue weighted by Crippen LogP contribution is -2.24. The maximum absolute atomic E-state index is 11.4. The van der Waals surface area contributed by atoms with Crippen molar-refractivity contribution in [2.24, 2.45) is 0 Å². The lowest BCUT2D eigenvalue weighted by atomic mass is 10.1. The minimum Gasteiger partial charge on any atom is -0.497 e. The van der Waals surface area contributed by atoms with Gasteiger partial charge in [-0.25, -0.2) is 0 Å². The maximum atomic E-state index is 11.4. The first-order valence-electron chi connectivity index (χ1n) is 6.11. The topological polar surface area (TPSA) is 76.1 Å². The molecule has 1 heterocycles. The lowest BCUT2D eigenvalue weighted by molar-refractivity contribution is -0.115. The molecule has 0 aliphatic carbocycles. The summed E-state index contributed by atoms with van der Waals surface area (Å²) in [7, 11) is 3.35. The predicted molar refractivity (Wildman–Crippen MR) is 78.3 cm³/mol. The molecule has 0 bridgehead atoms. The molecule has 1 aromatic heterocycles. The second-order valence-corrected chi connectivity index (χ2v) is 5.17. The Kier molecular flexibility index (Phi) is 5.03. The van der Waals surface area contributed by atoms with Crippen molar-refractivity contribution in [3.8, 4) is 5.75 Å². The number of ether oxygens (including phenoxy) is 1. The van der Waals surface area contributed by atoms with E-state index in [-0.39, 0.29) is 12.5 Å². The van der Waals surface area contributed by atoms with E-state index in [0.717, 1.165) is 16.3 Å². The minimum atomic E-state index is -0.128. The summed E-state index contributed by atoms with van der Waals surface area (Å²) in [6, 6.07) is 7.79. The third kappa shape index (κ3) is 4.01. The van der Waals surface area contributed by atoms with Crippen molar-refractivity contribution in [3.63, 3.8) is 0 Å². The molecular formula is C13H16N4O2S. The number of nitrogens with one attached hydrogen (secondary N) is 2. The van der Waals surface area contributed by atoms with E-state index in [0.29, 0.717) is 11.6 Å². The van der Waals surface area contributed by atoms with Crippen LogP contribution >= 0.6 is 11.3 Å². The summed E-state index contributed by atoms with van der Waals surface area (Å²) in [4.78, 5) is 11.4. The molecule has 0 atom stereocenters. The second kappa shape index (κ2) is 6.97. The van der Waals surface area contributed by atoms with Gasteiger partial charge >= 0.3 is 0 Å². The Balaban J connectivity index is 2.00. The third-order valence-corrected chi connectivity index (χ3v) is 3.38. The molecule has 1 aromatic carbocycles. The number of aromatic nitrogens is 2. The van der Waals surface area contributed by atoms with Crippen molar-refractivity contribution in [1.82, 2.24) is 15.5 Å². The SMILES string of the molecule is CNCC(=O)Nc1nnc(Cc2cccc(OC)c2)s1. The average Bonchev–Trinajstić information content (AvgIpc) is 2.86. The average molecular weight is 292 g/mol. The molecule has 0 fully saturated rings. The van der Waals surface area contributed by atoms with Crippen molar-refractivity contribution < 1.29 is 9.53 Å². The van der Waals surface area contributed by atoms with Crippen LogP contribution in [0, 0.1) is 0 Å². The Hall–Kier alpha value is -1.99. The summed E-state index contributed by atoms with van der Waals surface area (Å²) < 4.78 is 5.18. The van der Waals surface area contributed by atoms with Gasteiger partial charge in [-0.05, 0) is 24.7 Å². The Morgan fingerprint density at radius 1 is 1.40 bits per heavy atom. The molecule has 106 valence electrons. The van der Waals surface area contributed by atoms with Crippen LogP contribution in [0.2, 0.25) is 0 Å². The number of anilines is 1. The molecule has 20 heavy (non-hydrogen) atoms. The normalized spacial score (nSPS) is 10.3. The molecule has 6 nitrogen and oxygen atoms in total. The summed E-state index contributed by atoms with van der Waals surface area (Å²) >= 11 is 1.37. The molecule has 0 unspecified atom stereocenters. The van der Waals surface area contributed by atoms with E-state index < -0.39 is 0 Å². The molecular weight excluding hydrogens is 276 g/mol. The zero-order chi connectivity index (χ0) is 14.4. The van der Waals surface area contributed by atoms with Gasteiger partial charge in [-0.2, -0.15) is 0 Å². The predicted octanol–water partition coefficient (Wildman–Crippen LogP) is 1.30. The molecule has 0 spiro atoms. The maximum Gasteiger partial charge on any atom is 0.240 e. The monoisotopic (exact) mass is 292 g/mol. The zero-order valence-electron chi connectivity index (χ0n) is 11.3. The highest BCUT2D eigenvalue weighted by molar-refractivity contribution is 7.15. The van der Waals surface area contributed by atoms with Crippen LogP contribution in [-0.2, 0) is 11.2 Å². The fourth-order valence-corrected chi connectivity index (χ4v) is 2.45. The van der Waals surface area contributed by atoms with Crippen LogP contribution in [0.3, 0.4) is 0 Å². The Bertz CT molecular complexity index is 585. The second-order valence-electron chi connectivity index (χ2n) is 4.11. The number of carbonyl (C=O) groups excluding carboxylic acids is 1. The highest BCUT2D eigenvalue weighted by Crippen LogP contribution is 2.20. The number of hydrogen-bond donors (Lipinski definition) is 2. The van der Waals surface area contributed by atoms with E-state index in [9.17, 15) is 4.79 Å². The van der Waals surface area contributed by atoms with E-state index in [1.165, 1.54) is 11.3 Å². The van der Waals surface area contributed by atoms with Crippen LogP contribution in [0.4, 0.5) is 5.13 Å². The van der Waals surface area contributed by atoms with Crippen LogP contribution in [-0.4, -0.2) is 36.8 Å². The van der Waals surface area contributed by atoms with Crippen LogP contribution in [0.15, 0.2) is 24.3 Å². The van der Waals surface area contributed by atoms with E-state index in [4.69, 9.17) is 4.74 Å². The van der Waals surface area contributed by atoms with Crippen molar-refractivity contribution in [2.45, 2.75) is 6.42 Å². The molecule has 0 saturated carbocycles. The van der Waals surface area contributed by atoms with Gasteiger partial charge < -0.3 is 10.1 Å². The number of carbonyl (C=O) groups is 1. The highest BCUT2D eigenvalue weighted by atomic mass is 32.1. The van der Waals surface area contributed by atoms with Crippen molar-refractivity contribution >= 4 is 22.4 Å². The van der Waals surface area contributed by atoms with Crippen molar-refractivity contribution in [3.05, 3.63) is 34.8 Å². The van der Waals surface area contributed by atoms with Gasteiger partial charge in [0.05, 0.1) is 13.7 Å². The number of likely N-dealkylation sites (N-methyl/N-ethyl adjacent to an activating group) is 1. The summed E-state index contributed by atoms with van der Waals surface area (Å²) in [5.74, 6) is 0.686. The number of benzene rings is 1. The standard InChI is InChI=1S/C13H16N4O2S/c1-14-8-11(18)15-13-17-16-12(20-13)7-9-4-3-5-10(6-9)19-2/h3-6,14H,7-8H2,1-2H3,(H,15,17,18). The zero-order valence-corrected chi connectivity index (χ0v) is 12.2. The lowest BCUT2D eigenvalue weighted by Gasteiger charge is -2.02. The first-order chi connectivity index (χ1) is 9.71. The van der Waals surface area contributed by atoms with Gasteiger partial charge in [-0.15, -0.1) is 10.2 Å². The number of nitrogens with zero attached hydrogens (tertiary/aromatic N) is 2. The highest BCUT2D eigenvalue weighted by Gasteiger charge is 2.08. The van der Waals surface area contributed by atoms with E-state index in [2.05, 4.69) is 20.8 Å². The van der Waals surface area contributed by atoms with Crippen LogP contribution < -0.4 is 15.4 Å². The Labute approximate surface area is 121 Å². The summed E-state index contributed by atoms with van der Waals surface area (Å²) in [6.07, 6.45) is 0.663. The smallest absolute Gasteiger partial charge is 0.240 e. The quantitative estimate of drug-likeness (QED) is 0.839. The number of rotatable bonds is 6. The number of methoxy groups -OCH3 is 1. The van der Waals surface area contributed by atoms with Gasteiger partial charge in [0.15, 0.2) is 0 Å². The summed E-state index contributed by atoms with van der Waals surface area (Å²) in [5.41, 5.74) is 1.09. The van der Waals surface area contributed by atoms with Crippen LogP contribution in [0.25, 0.3) is 0 Å². The molecule has 0 aliphatic rings. The van der Waals surface area contributed by atoms with E-state index in [1.54, 1.807) is 14.2 Å². The fourth-order valence-electron chi connectivity index (χ4n) is 1.66. The van der Waals surface area contributed by atoms with Gasteiger partial charge in [0, 0.05) is 6.42 Å². The Morgan fingerprint density at radius 2 is 2.25 bits per heavy atom. The van der Waals surface area contributed by atoms with E-state index in [1.807, 2.05) is 24.3 Å². The molecule has 2 N–H and O–H groups in total. The molecule has 1 amide bonds. The first kappa shape index (κ1) is 14.4.